The van der Waals surface area contributed by atoms with E-state index in [4.69, 9.17) is 0 Å². The highest BCUT2D eigenvalue weighted by atomic mass is 127. The van der Waals surface area contributed by atoms with E-state index < -0.39 is 38.2 Å². The van der Waals surface area contributed by atoms with Gasteiger partial charge in [-0.25, -0.2) is 4.98 Å². The Kier molecular flexibility index (Phi) is 4.11. The molecule has 1 heterocycles. The van der Waals surface area contributed by atoms with Crippen molar-refractivity contribution in [1.82, 2.24) is 4.98 Å². The molecule has 1 aromatic rings. The monoisotopic (exact) mass is 402 g/mol. The predicted octanol–water partition coefficient (Wildman–Crippen LogP) is 3.51. The molecule has 0 aliphatic carbocycles. The van der Waals surface area contributed by atoms with Gasteiger partial charge in [0.15, 0.2) is 5.75 Å². The number of halogens is 7. The summed E-state index contributed by atoms with van der Waals surface area (Å²) in [4.78, 5) is 11.7. The summed E-state index contributed by atoms with van der Waals surface area (Å²) >= 11 is 0.955. The summed E-state index contributed by atoms with van der Waals surface area (Å²) in [5.74, 6) is -1.17. The third kappa shape index (κ3) is 3.81. The van der Waals surface area contributed by atoms with Crippen molar-refractivity contribution in [1.29, 1.82) is 0 Å². The lowest BCUT2D eigenvalue weighted by atomic mass is 10.3. The van der Waals surface area contributed by atoms with Crippen molar-refractivity contribution < 1.29 is 36.0 Å². The van der Waals surface area contributed by atoms with Crippen LogP contribution in [0.25, 0.3) is 0 Å². The SMILES string of the molecule is O=[N+]([O-])c1c(C(F)(F)F)ncc(OC(F)(F)F)c1I. The minimum atomic E-state index is -5.20. The number of rotatable bonds is 2. The molecule has 0 spiro atoms. The van der Waals surface area contributed by atoms with Gasteiger partial charge in [-0.15, -0.1) is 13.2 Å². The number of aromatic nitrogens is 1. The zero-order valence-corrected chi connectivity index (χ0v) is 10.5. The van der Waals surface area contributed by atoms with Crippen molar-refractivity contribution in [3.05, 3.63) is 25.6 Å². The van der Waals surface area contributed by atoms with Crippen molar-refractivity contribution >= 4 is 28.3 Å². The lowest BCUT2D eigenvalue weighted by Crippen LogP contribution is -2.20. The van der Waals surface area contributed by atoms with Crippen LogP contribution in [0.15, 0.2) is 6.20 Å². The maximum absolute atomic E-state index is 12.4. The van der Waals surface area contributed by atoms with Gasteiger partial charge in [-0.2, -0.15) is 13.2 Å². The van der Waals surface area contributed by atoms with Crippen LogP contribution in [0.2, 0.25) is 0 Å². The summed E-state index contributed by atoms with van der Waals surface area (Å²) < 4.78 is 75.5. The molecule has 0 atom stereocenters. The number of nitrogens with zero attached hydrogens (tertiary/aromatic N) is 2. The zero-order valence-electron chi connectivity index (χ0n) is 8.34. The Balaban J connectivity index is 3.45. The third-order valence-corrected chi connectivity index (χ3v) is 2.68. The van der Waals surface area contributed by atoms with Crippen LogP contribution in [-0.2, 0) is 6.18 Å². The summed E-state index contributed by atoms with van der Waals surface area (Å²) in [5, 5.41) is 10.5. The first-order valence-corrected chi connectivity index (χ1v) is 5.17. The maximum Gasteiger partial charge on any atom is 0.573 e. The average Bonchev–Trinajstić information content (AvgIpc) is 2.16. The van der Waals surface area contributed by atoms with Gasteiger partial charge in [0, 0.05) is 0 Å². The number of hydrogen-bond acceptors (Lipinski definition) is 4. The van der Waals surface area contributed by atoms with Crippen molar-refractivity contribution in [2.75, 3.05) is 0 Å². The molecule has 1 aromatic heterocycles. The van der Waals surface area contributed by atoms with E-state index >= 15 is 0 Å². The van der Waals surface area contributed by atoms with Gasteiger partial charge in [0.05, 0.1) is 11.1 Å². The van der Waals surface area contributed by atoms with E-state index in [-0.39, 0.29) is 6.20 Å². The smallest absolute Gasteiger partial charge is 0.403 e. The largest absolute Gasteiger partial charge is 0.573 e. The van der Waals surface area contributed by atoms with Crippen LogP contribution < -0.4 is 4.74 Å². The molecule has 5 nitrogen and oxygen atoms in total. The van der Waals surface area contributed by atoms with Crippen LogP contribution in [-0.4, -0.2) is 16.3 Å². The fraction of sp³-hybridized carbons (Fsp3) is 0.286. The number of alkyl halides is 6. The van der Waals surface area contributed by atoms with Gasteiger partial charge in [0.2, 0.25) is 5.69 Å². The van der Waals surface area contributed by atoms with E-state index in [0.717, 1.165) is 22.6 Å². The van der Waals surface area contributed by atoms with Crippen LogP contribution in [0.5, 0.6) is 5.75 Å². The molecule has 0 amide bonds. The van der Waals surface area contributed by atoms with E-state index in [0.29, 0.717) is 0 Å². The Morgan fingerprint density at radius 3 is 2.16 bits per heavy atom. The Hall–Kier alpha value is -1.34. The van der Waals surface area contributed by atoms with E-state index in [2.05, 4.69) is 9.72 Å². The van der Waals surface area contributed by atoms with Crippen LogP contribution >= 0.6 is 22.6 Å². The minimum absolute atomic E-state index is 0.130. The number of ether oxygens (including phenoxy) is 1. The first-order valence-electron chi connectivity index (χ1n) is 4.09. The molecule has 1 rings (SSSR count). The van der Waals surface area contributed by atoms with Crippen LogP contribution in [0.3, 0.4) is 0 Å². The zero-order chi connectivity index (χ0) is 15.0. The summed E-state index contributed by atoms with van der Waals surface area (Å²) in [5.41, 5.74) is -3.48. The lowest BCUT2D eigenvalue weighted by molar-refractivity contribution is -0.389. The maximum atomic E-state index is 12.4. The van der Waals surface area contributed by atoms with Crippen LogP contribution in [0, 0.1) is 13.7 Å². The van der Waals surface area contributed by atoms with E-state index in [1.807, 2.05) is 0 Å². The second kappa shape index (κ2) is 4.97. The normalized spacial score (nSPS) is 12.4. The first-order chi connectivity index (χ1) is 8.43. The van der Waals surface area contributed by atoms with Crippen molar-refractivity contribution in [3.8, 4) is 5.75 Å². The average molecular weight is 402 g/mol. The fourth-order valence-electron chi connectivity index (χ4n) is 1.03. The summed E-state index contributed by atoms with van der Waals surface area (Å²) in [6, 6.07) is 0. The van der Waals surface area contributed by atoms with Crippen LogP contribution in [0.1, 0.15) is 5.69 Å². The summed E-state index contributed by atoms with van der Waals surface area (Å²) in [6.45, 7) is 0. The van der Waals surface area contributed by atoms with Crippen molar-refractivity contribution in [2.45, 2.75) is 12.5 Å². The molecule has 0 saturated carbocycles. The standard InChI is InChI=1S/C7HF6IN2O3/c8-6(9,10)5-4(16(17)18)3(14)2(1-15-5)19-7(11,12)13/h1H. The Labute approximate surface area is 113 Å². The second-order valence-corrected chi connectivity index (χ2v) is 4.02. The predicted molar refractivity (Wildman–Crippen MR) is 55.3 cm³/mol. The van der Waals surface area contributed by atoms with Gasteiger partial charge >= 0.3 is 18.2 Å². The first kappa shape index (κ1) is 15.7. The van der Waals surface area contributed by atoms with E-state index in [9.17, 15) is 36.5 Å². The number of pyridine rings is 1. The van der Waals surface area contributed by atoms with Gasteiger partial charge in [-0.05, 0) is 22.6 Å². The molecular weight excluding hydrogens is 401 g/mol. The summed E-state index contributed by atoms with van der Waals surface area (Å²) in [7, 11) is 0. The molecule has 0 aliphatic heterocycles. The molecule has 0 aliphatic rings. The third-order valence-electron chi connectivity index (χ3n) is 1.64. The van der Waals surface area contributed by atoms with Gasteiger partial charge < -0.3 is 4.74 Å². The van der Waals surface area contributed by atoms with Crippen molar-refractivity contribution in [3.63, 3.8) is 0 Å². The number of hydrogen-bond donors (Lipinski definition) is 0. The highest BCUT2D eigenvalue weighted by molar-refractivity contribution is 14.1. The molecule has 12 heteroatoms. The van der Waals surface area contributed by atoms with Crippen molar-refractivity contribution in [2.24, 2.45) is 0 Å². The highest BCUT2D eigenvalue weighted by Gasteiger charge is 2.44. The fourth-order valence-corrected chi connectivity index (χ4v) is 1.73. The van der Waals surface area contributed by atoms with E-state index in [1.165, 1.54) is 0 Å². The molecule has 0 radical (unpaired) electrons. The Morgan fingerprint density at radius 1 is 1.26 bits per heavy atom. The van der Waals surface area contributed by atoms with Crippen LogP contribution in [0.4, 0.5) is 32.0 Å². The Morgan fingerprint density at radius 2 is 1.79 bits per heavy atom. The highest BCUT2D eigenvalue weighted by Crippen LogP contribution is 2.41. The van der Waals surface area contributed by atoms with Gasteiger partial charge in [0.1, 0.15) is 3.57 Å². The molecule has 0 N–H and O–H groups in total. The van der Waals surface area contributed by atoms with Gasteiger partial charge in [0.25, 0.3) is 0 Å². The van der Waals surface area contributed by atoms with Gasteiger partial charge in [-0.1, -0.05) is 0 Å². The van der Waals surface area contributed by atoms with E-state index in [1.54, 1.807) is 0 Å². The lowest BCUT2D eigenvalue weighted by Gasteiger charge is -2.12. The Bertz CT molecular complexity index is 515. The molecule has 0 fully saturated rings. The summed E-state index contributed by atoms with van der Waals surface area (Å²) in [6.07, 6.45) is -10.2. The minimum Gasteiger partial charge on any atom is -0.403 e. The molecule has 0 bridgehead atoms. The molecular formula is C7HF6IN2O3. The number of nitro groups is 1. The second-order valence-electron chi connectivity index (χ2n) is 2.94. The topological polar surface area (TPSA) is 65.3 Å². The molecule has 0 unspecified atom stereocenters. The molecule has 19 heavy (non-hydrogen) atoms. The molecule has 0 saturated heterocycles. The van der Waals surface area contributed by atoms with Gasteiger partial charge in [-0.3, -0.25) is 10.1 Å². The molecule has 0 aromatic carbocycles. The molecule has 106 valence electrons. The quantitative estimate of drug-likeness (QED) is 0.329.